The second kappa shape index (κ2) is 53.0. The van der Waals surface area contributed by atoms with Crippen molar-refractivity contribution in [1.82, 2.24) is 0 Å². The van der Waals surface area contributed by atoms with Crippen LogP contribution in [0, 0.1) is 0 Å². The van der Waals surface area contributed by atoms with E-state index in [1.807, 2.05) is 0 Å². The summed E-state index contributed by atoms with van der Waals surface area (Å²) in [5.74, 6) is 0. The third-order valence-corrected chi connectivity index (χ3v) is 0. The number of hydrogen-bond donors (Lipinski definition) is 0. The van der Waals surface area contributed by atoms with Crippen molar-refractivity contribution in [3.05, 3.63) is 0 Å². The normalized spacial score (nSPS) is 0. The van der Waals surface area contributed by atoms with Crippen LogP contribution in [0.1, 0.15) is 7.43 Å². The summed E-state index contributed by atoms with van der Waals surface area (Å²) < 4.78 is 0. The molecule has 0 aliphatic rings. The molecule has 0 aromatic heterocycles. The molecule has 0 rings (SSSR count). The Balaban J connectivity index is 0. The molecule has 0 N–H and O–H groups in total. The number of hydrogen-bond acceptors (Lipinski definition) is 0. The molecule has 0 heterocycles. The molecule has 0 aromatic carbocycles. The van der Waals surface area contributed by atoms with Gasteiger partial charge >= 0.3 is 0 Å². The molecule has 0 aliphatic carbocycles. The molecule has 6 heteroatoms. The van der Waals surface area contributed by atoms with Gasteiger partial charge in [-0.25, -0.2) is 0 Å². The maximum atomic E-state index is 0. The Bertz CT molecular complexity index is 19.7. The van der Waals surface area contributed by atoms with Crippen LogP contribution >= 0.6 is 0 Å². The zero-order valence-electron chi connectivity index (χ0n) is 2.53. The maximum Gasteiger partial charge on any atom is 0 e. The molecule has 0 aliphatic heterocycles. The van der Waals surface area contributed by atoms with E-state index in [9.17, 15) is 0 Å². The summed E-state index contributed by atoms with van der Waals surface area (Å²) >= 11 is 0. The van der Waals surface area contributed by atoms with E-state index < -0.39 is 0 Å². The van der Waals surface area contributed by atoms with E-state index in [1.54, 1.807) is 0 Å². The monoisotopic (exact) mass is 416 g/mol. The summed E-state index contributed by atoms with van der Waals surface area (Å²) in [4.78, 5) is 0. The third-order valence-electron chi connectivity index (χ3n) is 0. The van der Waals surface area contributed by atoms with Gasteiger partial charge in [-0.15, -0.1) is 0 Å². The minimum Gasteiger partial charge on any atom is -0.0776 e. The second-order valence-corrected chi connectivity index (χ2v) is 0. The molecule has 0 nitrogen and oxygen atoms in total. The van der Waals surface area contributed by atoms with E-state index in [2.05, 4.69) is 0 Å². The van der Waals surface area contributed by atoms with Crippen LogP contribution in [0.15, 0.2) is 0 Å². The van der Waals surface area contributed by atoms with Gasteiger partial charge in [0.15, 0.2) is 0 Å². The van der Waals surface area contributed by atoms with Crippen molar-refractivity contribution >= 4 is 0 Å². The van der Waals surface area contributed by atoms with Crippen molar-refractivity contribution < 1.29 is 118 Å². The first kappa shape index (κ1) is 72.6. The van der Waals surface area contributed by atoms with Crippen LogP contribution < -0.4 is 0 Å². The fourth-order valence-electron chi connectivity index (χ4n) is 0. The van der Waals surface area contributed by atoms with Crippen LogP contribution in [0.25, 0.3) is 0 Å². The zero-order valence-corrected chi connectivity index (χ0v) is 12.0. The molecule has 0 atom stereocenters. The molecule has 2 radical (unpaired) electrons. The van der Waals surface area contributed by atoms with Crippen LogP contribution in [0.2, 0.25) is 0 Å². The van der Waals surface area contributed by atoms with Gasteiger partial charge in [-0.1, -0.05) is 7.43 Å². The Morgan fingerprint density at radius 1 is 1.00 bits per heavy atom. The first-order valence-corrected chi connectivity index (χ1v) is 0. The Morgan fingerprint density at radius 2 is 1.00 bits per heavy atom. The maximum absolute atomic E-state index is 0. The fourth-order valence-corrected chi connectivity index (χ4v) is 0. The molecule has 0 bridgehead atoms. The standard InChI is InChI=1S/CH4.Cr.Mo.Nb.Ni.Ti.V/h1H4;;;;;;. The molecule has 0 amide bonds. The van der Waals surface area contributed by atoms with E-state index in [1.165, 1.54) is 0 Å². The zero-order chi connectivity index (χ0) is 0. The fraction of sp³-hybridized carbons (Fsp3) is 1.00. The Kier molecular flexibility index (Phi) is 550. The van der Waals surface area contributed by atoms with Gasteiger partial charge in [-0.2, -0.15) is 0 Å². The minimum atomic E-state index is 0. The summed E-state index contributed by atoms with van der Waals surface area (Å²) in [6.45, 7) is 0. The molecule has 0 fully saturated rings. The quantitative estimate of drug-likeness (QED) is 0.510. The summed E-state index contributed by atoms with van der Waals surface area (Å²) in [6.07, 6.45) is 0. The van der Waals surface area contributed by atoms with Gasteiger partial charge in [0.25, 0.3) is 0 Å². The van der Waals surface area contributed by atoms with Gasteiger partial charge in [0.05, 0.1) is 0 Å². The summed E-state index contributed by atoms with van der Waals surface area (Å²) in [6, 6.07) is 0. The molecular formula is CH4CrMoNbNiTiV. The largest absolute Gasteiger partial charge is 0.0776 e. The topological polar surface area (TPSA) is 0 Å². The van der Waals surface area contributed by atoms with E-state index in [4.69, 9.17) is 0 Å². The van der Waals surface area contributed by atoms with Crippen LogP contribution in [-0.2, 0) is 118 Å². The molecule has 44 valence electrons. The van der Waals surface area contributed by atoms with Gasteiger partial charge in [-0.05, 0) is 0 Å². The van der Waals surface area contributed by atoms with Crippen molar-refractivity contribution in [3.8, 4) is 0 Å². The summed E-state index contributed by atoms with van der Waals surface area (Å²) in [7, 11) is 0. The third kappa shape index (κ3) is 41.6. The van der Waals surface area contributed by atoms with Gasteiger partial charge in [0.1, 0.15) is 0 Å². The molecule has 0 aromatic rings. The van der Waals surface area contributed by atoms with E-state index >= 15 is 0 Å². The van der Waals surface area contributed by atoms with Crippen molar-refractivity contribution in [3.63, 3.8) is 0 Å². The van der Waals surface area contributed by atoms with Crippen LogP contribution in [0.5, 0.6) is 0 Å². The van der Waals surface area contributed by atoms with Crippen molar-refractivity contribution in [1.29, 1.82) is 0 Å². The minimum absolute atomic E-state index is 0. The molecule has 0 saturated carbocycles. The molecular weight excluding hydrogens is 410 g/mol. The average molecular weight is 414 g/mol. The first-order chi connectivity index (χ1) is 0. The summed E-state index contributed by atoms with van der Waals surface area (Å²) in [5.41, 5.74) is 0. The Labute approximate surface area is 123 Å². The predicted molar refractivity (Wildman–Crippen MR) is 6.73 cm³/mol. The van der Waals surface area contributed by atoms with Gasteiger partial charge in [-0.3, -0.25) is 0 Å². The van der Waals surface area contributed by atoms with Gasteiger partial charge < -0.3 is 0 Å². The number of rotatable bonds is 0. The van der Waals surface area contributed by atoms with Crippen molar-refractivity contribution in [2.24, 2.45) is 0 Å². The first-order valence-electron chi connectivity index (χ1n) is 0. The van der Waals surface area contributed by atoms with E-state index in [0.29, 0.717) is 0 Å². The second-order valence-electron chi connectivity index (χ2n) is 0. The molecule has 0 spiro atoms. The molecule has 0 saturated heterocycles. The summed E-state index contributed by atoms with van der Waals surface area (Å²) in [5, 5.41) is 0. The van der Waals surface area contributed by atoms with Crippen molar-refractivity contribution in [2.75, 3.05) is 0 Å². The SMILES string of the molecule is C.[Cr].[Mo].[Nb].[Ni].[Ti].[V]. The van der Waals surface area contributed by atoms with Crippen LogP contribution in [0.4, 0.5) is 0 Å². The van der Waals surface area contributed by atoms with Crippen LogP contribution in [-0.4, -0.2) is 0 Å². The van der Waals surface area contributed by atoms with Gasteiger partial charge in [0.2, 0.25) is 0 Å². The Hall–Kier alpha value is 3.75. The Morgan fingerprint density at radius 3 is 1.00 bits per heavy atom. The van der Waals surface area contributed by atoms with E-state index in [0.717, 1.165) is 0 Å². The smallest absolute Gasteiger partial charge is 0 e. The molecule has 7 heavy (non-hydrogen) atoms. The predicted octanol–water partition coefficient (Wildman–Crippen LogP) is 0.621. The average Bonchev–Trinajstić information content (AvgIpc) is 0. The van der Waals surface area contributed by atoms with Crippen LogP contribution in [0.3, 0.4) is 0 Å². The van der Waals surface area contributed by atoms with E-state index in [-0.39, 0.29) is 125 Å². The molecule has 0 unspecified atom stereocenters. The van der Waals surface area contributed by atoms with Crippen molar-refractivity contribution in [2.45, 2.75) is 7.43 Å². The van der Waals surface area contributed by atoms with Gasteiger partial charge in [0, 0.05) is 118 Å².